The third kappa shape index (κ3) is 1.73. The first kappa shape index (κ1) is 9.12. The van der Waals surface area contributed by atoms with Crippen LogP contribution in [0.2, 0.25) is 0 Å². The summed E-state index contributed by atoms with van der Waals surface area (Å²) in [4.78, 5) is 13.7. The van der Waals surface area contributed by atoms with Crippen LogP contribution in [-0.2, 0) is 0 Å². The van der Waals surface area contributed by atoms with Crippen LogP contribution in [0.15, 0.2) is 18.3 Å². The van der Waals surface area contributed by atoms with E-state index >= 15 is 0 Å². The Labute approximate surface area is 82.9 Å². The molecule has 2 heterocycles. The van der Waals surface area contributed by atoms with Gasteiger partial charge in [0.1, 0.15) is 0 Å². The van der Waals surface area contributed by atoms with Crippen molar-refractivity contribution in [3.63, 3.8) is 0 Å². The zero-order valence-corrected chi connectivity index (χ0v) is 8.18. The molecule has 0 radical (unpaired) electrons. The number of carbonyl (C=O) groups is 1. The van der Waals surface area contributed by atoms with E-state index in [1.54, 1.807) is 18.3 Å². The van der Waals surface area contributed by atoms with Crippen molar-refractivity contribution in [2.75, 3.05) is 13.1 Å². The highest BCUT2D eigenvalue weighted by atomic mass is 16.2. The molecule has 0 spiro atoms. The first-order chi connectivity index (χ1) is 6.77. The van der Waals surface area contributed by atoms with Crippen LogP contribution in [0.4, 0.5) is 0 Å². The number of hydrogen-bond acceptors (Lipinski definition) is 3. The third-order valence-electron chi connectivity index (χ3n) is 2.50. The maximum absolute atomic E-state index is 11.8. The van der Waals surface area contributed by atoms with Crippen LogP contribution in [0, 0.1) is 5.92 Å². The largest absolute Gasteiger partial charge is 0.337 e. The monoisotopic (exact) mass is 191 g/mol. The van der Waals surface area contributed by atoms with E-state index in [2.05, 4.69) is 17.1 Å². The van der Waals surface area contributed by atoms with Gasteiger partial charge in [-0.15, -0.1) is 5.10 Å². The van der Waals surface area contributed by atoms with Gasteiger partial charge in [0.05, 0.1) is 0 Å². The average molecular weight is 191 g/mol. The van der Waals surface area contributed by atoms with E-state index in [-0.39, 0.29) is 5.91 Å². The van der Waals surface area contributed by atoms with Gasteiger partial charge in [0.15, 0.2) is 5.69 Å². The predicted molar refractivity (Wildman–Crippen MR) is 51.7 cm³/mol. The summed E-state index contributed by atoms with van der Waals surface area (Å²) in [5.41, 5.74) is 0.446. The van der Waals surface area contributed by atoms with E-state index in [0.717, 1.165) is 19.5 Å². The highest BCUT2D eigenvalue weighted by molar-refractivity contribution is 5.92. The molecule has 4 heteroatoms. The molecule has 1 aliphatic rings. The molecule has 1 aromatic rings. The molecule has 1 aromatic heterocycles. The van der Waals surface area contributed by atoms with Crippen LogP contribution in [0.3, 0.4) is 0 Å². The van der Waals surface area contributed by atoms with E-state index < -0.39 is 0 Å². The molecule has 0 aliphatic carbocycles. The van der Waals surface area contributed by atoms with Gasteiger partial charge in [-0.25, -0.2) is 0 Å². The number of hydrogen-bond donors (Lipinski definition) is 0. The summed E-state index contributed by atoms with van der Waals surface area (Å²) in [6.07, 6.45) is 2.66. The van der Waals surface area contributed by atoms with Gasteiger partial charge in [-0.2, -0.15) is 5.10 Å². The Hall–Kier alpha value is -1.45. The summed E-state index contributed by atoms with van der Waals surface area (Å²) < 4.78 is 0. The molecule has 1 unspecified atom stereocenters. The van der Waals surface area contributed by atoms with Crippen LogP contribution in [0.1, 0.15) is 23.8 Å². The molecule has 1 amide bonds. The number of carbonyl (C=O) groups excluding carboxylic acids is 1. The first-order valence-corrected chi connectivity index (χ1v) is 4.84. The van der Waals surface area contributed by atoms with Gasteiger partial charge >= 0.3 is 0 Å². The molecule has 14 heavy (non-hydrogen) atoms. The van der Waals surface area contributed by atoms with E-state index in [9.17, 15) is 4.79 Å². The molecular weight excluding hydrogens is 178 g/mol. The second kappa shape index (κ2) is 3.74. The van der Waals surface area contributed by atoms with E-state index in [1.807, 2.05) is 4.90 Å². The quantitative estimate of drug-likeness (QED) is 0.664. The molecule has 1 fully saturated rings. The summed E-state index contributed by atoms with van der Waals surface area (Å²) in [5.74, 6) is 0.609. The normalized spacial score (nSPS) is 21.2. The summed E-state index contributed by atoms with van der Waals surface area (Å²) in [7, 11) is 0. The number of rotatable bonds is 1. The molecule has 74 valence electrons. The Morgan fingerprint density at radius 2 is 2.50 bits per heavy atom. The van der Waals surface area contributed by atoms with Crippen molar-refractivity contribution in [3.05, 3.63) is 24.0 Å². The lowest BCUT2D eigenvalue weighted by Gasteiger charge is -2.14. The van der Waals surface area contributed by atoms with Crippen molar-refractivity contribution in [2.24, 2.45) is 5.92 Å². The van der Waals surface area contributed by atoms with Gasteiger partial charge in [-0.3, -0.25) is 4.79 Å². The van der Waals surface area contributed by atoms with Gasteiger partial charge < -0.3 is 4.90 Å². The van der Waals surface area contributed by atoms with Crippen molar-refractivity contribution in [1.29, 1.82) is 0 Å². The minimum atomic E-state index is 0.00227. The molecule has 0 N–H and O–H groups in total. The summed E-state index contributed by atoms with van der Waals surface area (Å²) >= 11 is 0. The van der Waals surface area contributed by atoms with Crippen molar-refractivity contribution in [1.82, 2.24) is 15.1 Å². The number of amides is 1. The van der Waals surface area contributed by atoms with E-state index in [1.165, 1.54) is 0 Å². The molecule has 4 nitrogen and oxygen atoms in total. The minimum Gasteiger partial charge on any atom is -0.337 e. The lowest BCUT2D eigenvalue weighted by molar-refractivity contribution is 0.0781. The van der Waals surface area contributed by atoms with Gasteiger partial charge in [-0.05, 0) is 24.5 Å². The minimum absolute atomic E-state index is 0.00227. The molecule has 0 bridgehead atoms. The second-order valence-electron chi connectivity index (χ2n) is 3.75. The molecular formula is C10H13N3O. The summed E-state index contributed by atoms with van der Waals surface area (Å²) in [6, 6.07) is 3.44. The fourth-order valence-electron chi connectivity index (χ4n) is 1.70. The van der Waals surface area contributed by atoms with Gasteiger partial charge in [-0.1, -0.05) is 6.92 Å². The van der Waals surface area contributed by atoms with Crippen LogP contribution in [-0.4, -0.2) is 34.1 Å². The number of likely N-dealkylation sites (tertiary alicyclic amines) is 1. The SMILES string of the molecule is CC1CCN(C(=O)c2cccnn2)C1. The Balaban J connectivity index is 2.10. The second-order valence-corrected chi connectivity index (χ2v) is 3.75. The van der Waals surface area contributed by atoms with E-state index in [4.69, 9.17) is 0 Å². The molecule has 0 aromatic carbocycles. The van der Waals surface area contributed by atoms with Crippen LogP contribution in [0.5, 0.6) is 0 Å². The van der Waals surface area contributed by atoms with Crippen molar-refractivity contribution in [2.45, 2.75) is 13.3 Å². The molecule has 1 aliphatic heterocycles. The maximum atomic E-state index is 11.8. The highest BCUT2D eigenvalue weighted by Gasteiger charge is 2.24. The topological polar surface area (TPSA) is 46.1 Å². The Morgan fingerprint density at radius 3 is 3.07 bits per heavy atom. The highest BCUT2D eigenvalue weighted by Crippen LogP contribution is 2.16. The van der Waals surface area contributed by atoms with Crippen LogP contribution < -0.4 is 0 Å². The van der Waals surface area contributed by atoms with E-state index in [0.29, 0.717) is 11.6 Å². The molecule has 1 saturated heterocycles. The molecule has 0 saturated carbocycles. The van der Waals surface area contributed by atoms with Crippen LogP contribution >= 0.6 is 0 Å². The Kier molecular flexibility index (Phi) is 2.43. The molecule has 1 atom stereocenters. The smallest absolute Gasteiger partial charge is 0.274 e. The fourth-order valence-corrected chi connectivity index (χ4v) is 1.70. The lowest BCUT2D eigenvalue weighted by atomic mass is 10.2. The van der Waals surface area contributed by atoms with Gasteiger partial charge in [0.25, 0.3) is 5.91 Å². The summed E-state index contributed by atoms with van der Waals surface area (Å²) in [5, 5.41) is 7.51. The van der Waals surface area contributed by atoms with Crippen molar-refractivity contribution >= 4 is 5.91 Å². The average Bonchev–Trinajstić information content (AvgIpc) is 2.65. The predicted octanol–water partition coefficient (Wildman–Crippen LogP) is 0.959. The lowest BCUT2D eigenvalue weighted by Crippen LogP contribution is -2.29. The summed E-state index contributed by atoms with van der Waals surface area (Å²) in [6.45, 7) is 3.84. The zero-order valence-electron chi connectivity index (χ0n) is 8.18. The fraction of sp³-hybridized carbons (Fsp3) is 0.500. The Bertz CT molecular complexity index is 325. The first-order valence-electron chi connectivity index (χ1n) is 4.84. The van der Waals surface area contributed by atoms with Gasteiger partial charge in [0.2, 0.25) is 0 Å². The Morgan fingerprint density at radius 1 is 1.64 bits per heavy atom. The zero-order chi connectivity index (χ0) is 9.97. The molecule has 2 rings (SSSR count). The van der Waals surface area contributed by atoms with Crippen molar-refractivity contribution < 1.29 is 4.79 Å². The van der Waals surface area contributed by atoms with Crippen LogP contribution in [0.25, 0.3) is 0 Å². The maximum Gasteiger partial charge on any atom is 0.274 e. The third-order valence-corrected chi connectivity index (χ3v) is 2.50. The number of aromatic nitrogens is 2. The number of nitrogens with zero attached hydrogens (tertiary/aromatic N) is 3. The standard InChI is InChI=1S/C10H13N3O/c1-8-4-6-13(7-8)10(14)9-3-2-5-11-12-9/h2-3,5,8H,4,6-7H2,1H3. The van der Waals surface area contributed by atoms with Crippen molar-refractivity contribution in [3.8, 4) is 0 Å². The van der Waals surface area contributed by atoms with Gasteiger partial charge in [0, 0.05) is 19.3 Å².